The Morgan fingerprint density at radius 1 is 0.923 bits per heavy atom. The molecule has 0 unspecified atom stereocenters. The molecular formula is C22H25NO3. The minimum Gasteiger partial charge on any atom is -0.467 e. The van der Waals surface area contributed by atoms with Gasteiger partial charge in [0.2, 0.25) is 5.91 Å². The molecule has 0 N–H and O–H groups in total. The summed E-state index contributed by atoms with van der Waals surface area (Å²) in [5, 5.41) is 0. The molecule has 3 aromatic rings. The second-order valence-corrected chi connectivity index (χ2v) is 6.80. The summed E-state index contributed by atoms with van der Waals surface area (Å²) in [4.78, 5) is 14.6. The van der Waals surface area contributed by atoms with E-state index in [1.165, 1.54) is 11.1 Å². The first-order chi connectivity index (χ1) is 12.6. The Balaban J connectivity index is 1.62. The normalized spacial score (nSPS) is 11.0. The van der Waals surface area contributed by atoms with E-state index in [1.807, 2.05) is 24.3 Å². The number of hydrogen-bond donors (Lipinski definition) is 0. The van der Waals surface area contributed by atoms with Crippen molar-refractivity contribution in [2.24, 2.45) is 0 Å². The maximum absolute atomic E-state index is 12.8. The lowest BCUT2D eigenvalue weighted by Gasteiger charge is -2.20. The molecule has 0 bridgehead atoms. The number of benzene rings is 1. The highest BCUT2D eigenvalue weighted by atomic mass is 16.3. The van der Waals surface area contributed by atoms with Crippen LogP contribution in [0.4, 0.5) is 0 Å². The van der Waals surface area contributed by atoms with E-state index in [1.54, 1.807) is 17.4 Å². The average molecular weight is 351 g/mol. The molecule has 0 radical (unpaired) electrons. The fraction of sp³-hybridized carbons (Fsp3) is 0.318. The fourth-order valence-corrected chi connectivity index (χ4v) is 2.89. The Hall–Kier alpha value is -2.75. The molecule has 0 aliphatic heterocycles. The zero-order chi connectivity index (χ0) is 18.4. The molecule has 0 aliphatic carbocycles. The zero-order valence-corrected chi connectivity index (χ0v) is 15.4. The summed E-state index contributed by atoms with van der Waals surface area (Å²) in [5.41, 5.74) is 2.50. The first-order valence-electron chi connectivity index (χ1n) is 9.03. The van der Waals surface area contributed by atoms with Crippen LogP contribution in [0.25, 0.3) is 0 Å². The Labute approximate surface area is 154 Å². The van der Waals surface area contributed by atoms with Crippen molar-refractivity contribution >= 4 is 5.91 Å². The van der Waals surface area contributed by atoms with Gasteiger partial charge in [0.15, 0.2) is 0 Å². The van der Waals surface area contributed by atoms with Gasteiger partial charge in [0.1, 0.15) is 11.5 Å². The van der Waals surface area contributed by atoms with E-state index >= 15 is 0 Å². The topological polar surface area (TPSA) is 46.6 Å². The SMILES string of the molecule is CC(C)c1ccc(CCC(=O)N(Cc2ccco2)Cc2ccco2)cc1. The van der Waals surface area contributed by atoms with Crippen LogP contribution >= 0.6 is 0 Å². The number of hydrogen-bond acceptors (Lipinski definition) is 3. The van der Waals surface area contributed by atoms with Gasteiger partial charge in [0.05, 0.1) is 25.6 Å². The Kier molecular flexibility index (Phi) is 5.95. The fourth-order valence-electron chi connectivity index (χ4n) is 2.89. The van der Waals surface area contributed by atoms with Gasteiger partial charge in [-0.25, -0.2) is 0 Å². The van der Waals surface area contributed by atoms with E-state index in [4.69, 9.17) is 8.83 Å². The molecule has 2 heterocycles. The van der Waals surface area contributed by atoms with E-state index in [9.17, 15) is 4.79 Å². The molecule has 26 heavy (non-hydrogen) atoms. The van der Waals surface area contributed by atoms with E-state index in [-0.39, 0.29) is 5.91 Å². The van der Waals surface area contributed by atoms with E-state index in [2.05, 4.69) is 38.1 Å². The minimum absolute atomic E-state index is 0.0886. The summed E-state index contributed by atoms with van der Waals surface area (Å²) in [6.45, 7) is 5.25. The molecule has 0 saturated heterocycles. The van der Waals surface area contributed by atoms with Crippen LogP contribution in [0.2, 0.25) is 0 Å². The third kappa shape index (κ3) is 4.88. The second-order valence-electron chi connectivity index (χ2n) is 6.80. The van der Waals surface area contributed by atoms with Gasteiger partial charge in [0.25, 0.3) is 0 Å². The van der Waals surface area contributed by atoms with Crippen molar-refractivity contribution in [1.82, 2.24) is 4.90 Å². The minimum atomic E-state index is 0.0886. The lowest BCUT2D eigenvalue weighted by Crippen LogP contribution is -2.30. The van der Waals surface area contributed by atoms with Crippen molar-refractivity contribution < 1.29 is 13.6 Å². The molecule has 0 aliphatic rings. The van der Waals surface area contributed by atoms with Gasteiger partial charge in [-0.2, -0.15) is 0 Å². The first-order valence-corrected chi connectivity index (χ1v) is 9.03. The number of nitrogens with zero attached hydrogens (tertiary/aromatic N) is 1. The Morgan fingerprint density at radius 2 is 1.50 bits per heavy atom. The Bertz CT molecular complexity index is 750. The van der Waals surface area contributed by atoms with Crippen LogP contribution in [-0.2, 0) is 24.3 Å². The van der Waals surface area contributed by atoms with Crippen LogP contribution in [0.3, 0.4) is 0 Å². The summed E-state index contributed by atoms with van der Waals surface area (Å²) >= 11 is 0. The zero-order valence-electron chi connectivity index (χ0n) is 15.4. The maximum atomic E-state index is 12.8. The highest BCUT2D eigenvalue weighted by molar-refractivity contribution is 5.76. The van der Waals surface area contributed by atoms with Gasteiger partial charge in [-0.3, -0.25) is 4.79 Å². The molecule has 0 atom stereocenters. The molecule has 0 saturated carbocycles. The van der Waals surface area contributed by atoms with Crippen molar-refractivity contribution in [1.29, 1.82) is 0 Å². The summed E-state index contributed by atoms with van der Waals surface area (Å²) < 4.78 is 10.8. The van der Waals surface area contributed by atoms with Gasteiger partial charge >= 0.3 is 0 Å². The summed E-state index contributed by atoms with van der Waals surface area (Å²) in [6.07, 6.45) is 4.44. The second kappa shape index (κ2) is 8.56. The van der Waals surface area contributed by atoms with E-state index < -0.39 is 0 Å². The van der Waals surface area contributed by atoms with Crippen LogP contribution in [0, 0.1) is 0 Å². The highest BCUT2D eigenvalue weighted by Gasteiger charge is 2.17. The van der Waals surface area contributed by atoms with Crippen LogP contribution < -0.4 is 0 Å². The number of carbonyl (C=O) groups is 1. The van der Waals surface area contributed by atoms with Crippen LogP contribution in [0.15, 0.2) is 69.9 Å². The molecule has 136 valence electrons. The van der Waals surface area contributed by atoms with E-state index in [0.29, 0.717) is 25.4 Å². The van der Waals surface area contributed by atoms with Gasteiger partial charge in [0, 0.05) is 6.42 Å². The first kappa shape index (κ1) is 18.1. The van der Waals surface area contributed by atoms with Crippen molar-refractivity contribution in [3.05, 3.63) is 83.7 Å². The molecule has 0 spiro atoms. The van der Waals surface area contributed by atoms with E-state index in [0.717, 1.165) is 17.9 Å². The molecular weight excluding hydrogens is 326 g/mol. The smallest absolute Gasteiger partial charge is 0.223 e. The summed E-state index contributed by atoms with van der Waals surface area (Å²) in [6, 6.07) is 16.0. The van der Waals surface area contributed by atoms with Gasteiger partial charge < -0.3 is 13.7 Å². The van der Waals surface area contributed by atoms with Crippen LogP contribution in [0.1, 0.15) is 48.8 Å². The van der Waals surface area contributed by atoms with Gasteiger partial charge in [-0.15, -0.1) is 0 Å². The molecule has 1 amide bonds. The summed E-state index contributed by atoms with van der Waals surface area (Å²) in [5.74, 6) is 2.14. The quantitative estimate of drug-likeness (QED) is 0.563. The predicted molar refractivity (Wildman–Crippen MR) is 101 cm³/mol. The number of amides is 1. The lowest BCUT2D eigenvalue weighted by molar-refractivity contribution is -0.133. The number of carbonyl (C=O) groups excluding carboxylic acids is 1. The predicted octanol–water partition coefficient (Wildman–Crippen LogP) is 5.16. The monoisotopic (exact) mass is 351 g/mol. The maximum Gasteiger partial charge on any atom is 0.223 e. The van der Waals surface area contributed by atoms with Crippen LogP contribution in [-0.4, -0.2) is 10.8 Å². The number of aryl methyl sites for hydroxylation is 1. The van der Waals surface area contributed by atoms with Crippen molar-refractivity contribution in [2.45, 2.75) is 45.7 Å². The molecule has 4 heteroatoms. The molecule has 4 nitrogen and oxygen atoms in total. The summed E-state index contributed by atoms with van der Waals surface area (Å²) in [7, 11) is 0. The number of furan rings is 2. The molecule has 1 aromatic carbocycles. The molecule has 2 aromatic heterocycles. The Morgan fingerprint density at radius 3 is 1.96 bits per heavy atom. The lowest BCUT2D eigenvalue weighted by atomic mass is 10.00. The van der Waals surface area contributed by atoms with Crippen molar-refractivity contribution in [3.8, 4) is 0 Å². The van der Waals surface area contributed by atoms with Crippen molar-refractivity contribution in [3.63, 3.8) is 0 Å². The van der Waals surface area contributed by atoms with Crippen LogP contribution in [0.5, 0.6) is 0 Å². The number of rotatable bonds is 8. The average Bonchev–Trinajstić information content (AvgIpc) is 3.33. The van der Waals surface area contributed by atoms with Gasteiger partial charge in [-0.05, 0) is 47.7 Å². The van der Waals surface area contributed by atoms with Crippen molar-refractivity contribution in [2.75, 3.05) is 0 Å². The molecule has 0 fully saturated rings. The largest absolute Gasteiger partial charge is 0.467 e. The third-order valence-corrected chi connectivity index (χ3v) is 4.48. The molecule has 3 rings (SSSR count). The highest BCUT2D eigenvalue weighted by Crippen LogP contribution is 2.17. The standard InChI is InChI=1S/C22H25NO3/c1-17(2)19-10-7-18(8-11-19)9-12-22(24)23(15-20-5-3-13-25-20)16-21-6-4-14-26-21/h3-8,10-11,13-14,17H,9,12,15-16H2,1-2H3. The van der Waals surface area contributed by atoms with Gasteiger partial charge in [-0.1, -0.05) is 38.1 Å². The third-order valence-electron chi connectivity index (χ3n) is 4.48.